The lowest BCUT2D eigenvalue weighted by molar-refractivity contribution is -0.139. The van der Waals surface area contributed by atoms with Crippen LogP contribution in [0.1, 0.15) is 16.5 Å². The van der Waals surface area contributed by atoms with Gasteiger partial charge in [-0.1, -0.05) is 60.7 Å². The maximum atomic E-state index is 13.3. The van der Waals surface area contributed by atoms with Crippen molar-refractivity contribution in [3.05, 3.63) is 87.8 Å². The van der Waals surface area contributed by atoms with Crippen molar-refractivity contribution in [3.8, 4) is 11.1 Å². The summed E-state index contributed by atoms with van der Waals surface area (Å²) in [5, 5.41) is 10.2. The molecule has 0 saturated carbocycles. The minimum absolute atomic E-state index is 0.348. The number of aryl methyl sites for hydroxylation is 1. The Balaban J connectivity index is 2.00. The third-order valence-corrected chi connectivity index (χ3v) is 5.52. The maximum Gasteiger partial charge on any atom is 0.331 e. The monoisotopic (exact) mass is 376 g/mol. The Labute approximate surface area is 159 Å². The molecule has 0 aliphatic carbocycles. The quantitative estimate of drug-likeness (QED) is 0.582. The number of carbonyl (C=O) groups is 1. The largest absolute Gasteiger partial charge is 0.479 e. The van der Waals surface area contributed by atoms with Gasteiger partial charge in [0.25, 0.3) is 5.56 Å². The summed E-state index contributed by atoms with van der Waals surface area (Å²) in [7, 11) is 0. The topological polar surface area (TPSA) is 72.2 Å². The number of hydrogen-bond donors (Lipinski definition) is 1. The number of rotatable bonds is 4. The van der Waals surface area contributed by atoms with E-state index in [0.29, 0.717) is 15.8 Å². The second-order valence-corrected chi connectivity index (χ2v) is 7.39. The first kappa shape index (κ1) is 17.2. The van der Waals surface area contributed by atoms with Gasteiger partial charge in [-0.25, -0.2) is 9.78 Å². The molecule has 4 aromatic rings. The van der Waals surface area contributed by atoms with E-state index in [9.17, 15) is 14.7 Å². The van der Waals surface area contributed by atoms with Crippen LogP contribution in [0.4, 0.5) is 0 Å². The number of carboxylic acids is 1. The van der Waals surface area contributed by atoms with E-state index in [2.05, 4.69) is 4.98 Å². The van der Waals surface area contributed by atoms with Gasteiger partial charge in [-0.3, -0.25) is 9.36 Å². The molecule has 2 heterocycles. The van der Waals surface area contributed by atoms with Crippen LogP contribution < -0.4 is 5.56 Å². The van der Waals surface area contributed by atoms with Gasteiger partial charge in [-0.05, 0) is 18.1 Å². The van der Waals surface area contributed by atoms with Gasteiger partial charge in [0, 0.05) is 10.4 Å². The van der Waals surface area contributed by atoms with E-state index >= 15 is 0 Å². The van der Waals surface area contributed by atoms with Crippen molar-refractivity contribution in [2.45, 2.75) is 13.0 Å². The molecule has 0 radical (unpaired) electrons. The number of thiophene rings is 1. The van der Waals surface area contributed by atoms with E-state index in [1.165, 1.54) is 22.2 Å². The smallest absolute Gasteiger partial charge is 0.331 e. The summed E-state index contributed by atoms with van der Waals surface area (Å²) in [5.74, 6) is -1.10. The Kier molecular flexibility index (Phi) is 4.33. The van der Waals surface area contributed by atoms with E-state index in [0.717, 1.165) is 16.0 Å². The van der Waals surface area contributed by atoms with Crippen molar-refractivity contribution in [1.29, 1.82) is 0 Å². The fraction of sp³-hybridized carbons (Fsp3) is 0.0952. The molecule has 2 aromatic heterocycles. The minimum Gasteiger partial charge on any atom is -0.479 e. The van der Waals surface area contributed by atoms with Gasteiger partial charge in [0.2, 0.25) is 0 Å². The van der Waals surface area contributed by atoms with E-state index in [1.807, 2.05) is 43.3 Å². The molecule has 1 atom stereocenters. The summed E-state index contributed by atoms with van der Waals surface area (Å²) in [5.41, 5.74) is 1.92. The summed E-state index contributed by atoms with van der Waals surface area (Å²) in [6.07, 6.45) is 1.33. The fourth-order valence-corrected chi connectivity index (χ4v) is 4.31. The highest BCUT2D eigenvalue weighted by Gasteiger charge is 2.25. The Morgan fingerprint density at radius 1 is 1.07 bits per heavy atom. The zero-order valence-electron chi connectivity index (χ0n) is 14.5. The van der Waals surface area contributed by atoms with E-state index in [-0.39, 0.29) is 5.56 Å². The fourth-order valence-electron chi connectivity index (χ4n) is 3.31. The first-order valence-corrected chi connectivity index (χ1v) is 9.23. The zero-order chi connectivity index (χ0) is 19.0. The molecule has 0 aliphatic rings. The molecule has 0 aliphatic heterocycles. The van der Waals surface area contributed by atoms with Crippen molar-refractivity contribution in [2.24, 2.45) is 0 Å². The second-order valence-electron chi connectivity index (χ2n) is 6.19. The Morgan fingerprint density at radius 3 is 2.33 bits per heavy atom. The molecule has 5 nitrogen and oxygen atoms in total. The molecule has 1 unspecified atom stereocenters. The highest BCUT2D eigenvalue weighted by Crippen LogP contribution is 2.35. The average molecular weight is 376 g/mol. The number of aromatic nitrogens is 2. The van der Waals surface area contributed by atoms with Crippen LogP contribution in [0.25, 0.3) is 21.3 Å². The molecule has 0 saturated heterocycles. The van der Waals surface area contributed by atoms with Crippen molar-refractivity contribution >= 4 is 27.5 Å². The normalized spacial score (nSPS) is 12.2. The van der Waals surface area contributed by atoms with Crippen molar-refractivity contribution in [1.82, 2.24) is 9.55 Å². The molecule has 1 N–H and O–H groups in total. The molecule has 0 amide bonds. The number of benzene rings is 2. The summed E-state index contributed by atoms with van der Waals surface area (Å²) < 4.78 is 1.21. The minimum atomic E-state index is -1.13. The molecule has 27 heavy (non-hydrogen) atoms. The van der Waals surface area contributed by atoms with Gasteiger partial charge < -0.3 is 5.11 Å². The van der Waals surface area contributed by atoms with Gasteiger partial charge in [0.1, 0.15) is 11.2 Å². The van der Waals surface area contributed by atoms with Crippen molar-refractivity contribution in [2.75, 3.05) is 0 Å². The van der Waals surface area contributed by atoms with Crippen molar-refractivity contribution < 1.29 is 9.90 Å². The summed E-state index contributed by atoms with van der Waals surface area (Å²) in [6.45, 7) is 1.95. The van der Waals surface area contributed by atoms with E-state index in [1.54, 1.807) is 24.3 Å². The third-order valence-electron chi connectivity index (χ3n) is 4.50. The number of hydrogen-bond acceptors (Lipinski definition) is 4. The first-order valence-electron chi connectivity index (χ1n) is 8.41. The van der Waals surface area contributed by atoms with Gasteiger partial charge >= 0.3 is 5.97 Å². The van der Waals surface area contributed by atoms with Crippen LogP contribution >= 0.6 is 11.3 Å². The van der Waals surface area contributed by atoms with E-state index < -0.39 is 12.0 Å². The molecule has 0 fully saturated rings. The third kappa shape index (κ3) is 2.94. The molecule has 4 rings (SSSR count). The first-order chi connectivity index (χ1) is 13.1. The summed E-state index contributed by atoms with van der Waals surface area (Å²) >= 11 is 1.44. The molecule has 134 valence electrons. The van der Waals surface area contributed by atoms with Crippen LogP contribution in [0.5, 0.6) is 0 Å². The number of carboxylic acid groups (broad SMARTS) is 1. The Morgan fingerprint density at radius 2 is 1.70 bits per heavy atom. The van der Waals surface area contributed by atoms with Crippen LogP contribution in [-0.2, 0) is 4.79 Å². The van der Waals surface area contributed by atoms with Crippen LogP contribution in [0.2, 0.25) is 0 Å². The van der Waals surface area contributed by atoms with Gasteiger partial charge in [0.15, 0.2) is 6.04 Å². The average Bonchev–Trinajstić information content (AvgIpc) is 3.02. The SMILES string of the molecule is Cc1sc2ncn(C(C(=O)O)c3ccccc3)c(=O)c2c1-c1ccccc1. The molecular weight excluding hydrogens is 360 g/mol. The lowest BCUT2D eigenvalue weighted by Gasteiger charge is -2.16. The molecule has 6 heteroatoms. The predicted molar refractivity (Wildman–Crippen MR) is 106 cm³/mol. The summed E-state index contributed by atoms with van der Waals surface area (Å²) in [4.78, 5) is 31.3. The van der Waals surface area contributed by atoms with Crippen LogP contribution in [0.3, 0.4) is 0 Å². The molecule has 2 aromatic carbocycles. The van der Waals surface area contributed by atoms with Crippen molar-refractivity contribution in [3.63, 3.8) is 0 Å². The van der Waals surface area contributed by atoms with Crippen LogP contribution in [-0.4, -0.2) is 20.6 Å². The molecule has 0 bridgehead atoms. The zero-order valence-corrected chi connectivity index (χ0v) is 15.3. The molecule has 0 spiro atoms. The highest BCUT2D eigenvalue weighted by molar-refractivity contribution is 7.19. The highest BCUT2D eigenvalue weighted by atomic mass is 32.1. The van der Waals surface area contributed by atoms with Crippen LogP contribution in [0, 0.1) is 6.92 Å². The standard InChI is InChI=1S/C21H16N2O3S/c1-13-16(14-8-4-2-5-9-14)17-19(27-13)22-12-23(20(17)24)18(21(25)26)15-10-6-3-7-11-15/h2-12,18H,1H3,(H,25,26). The van der Waals surface area contributed by atoms with E-state index in [4.69, 9.17) is 0 Å². The molecular formula is C21H16N2O3S. The Hall–Kier alpha value is -3.25. The lowest BCUT2D eigenvalue weighted by atomic mass is 10.0. The number of fused-ring (bicyclic) bond motifs is 1. The number of aliphatic carboxylic acids is 1. The number of nitrogens with zero attached hydrogens (tertiary/aromatic N) is 2. The predicted octanol–water partition coefficient (Wildman–Crippen LogP) is 4.11. The Bertz CT molecular complexity index is 1180. The van der Waals surface area contributed by atoms with Gasteiger partial charge in [-0.2, -0.15) is 0 Å². The lowest BCUT2D eigenvalue weighted by Crippen LogP contribution is -2.30. The van der Waals surface area contributed by atoms with Gasteiger partial charge in [-0.15, -0.1) is 11.3 Å². The van der Waals surface area contributed by atoms with Crippen LogP contribution in [0.15, 0.2) is 71.8 Å². The maximum absolute atomic E-state index is 13.3. The second kappa shape index (κ2) is 6.81. The summed E-state index contributed by atoms with van der Waals surface area (Å²) in [6, 6.07) is 17.2. The van der Waals surface area contributed by atoms with Gasteiger partial charge in [0.05, 0.1) is 5.39 Å².